The summed E-state index contributed by atoms with van der Waals surface area (Å²) in [6.45, 7) is 1.98. The molecule has 0 radical (unpaired) electrons. The van der Waals surface area contributed by atoms with Crippen LogP contribution in [0.15, 0.2) is 72.8 Å². The summed E-state index contributed by atoms with van der Waals surface area (Å²) >= 11 is 0. The lowest BCUT2D eigenvalue weighted by Crippen LogP contribution is -2.50. The second kappa shape index (κ2) is 9.06. The van der Waals surface area contributed by atoms with E-state index in [1.54, 1.807) is 23.1 Å². The van der Waals surface area contributed by atoms with Crippen molar-refractivity contribution in [1.29, 1.82) is 0 Å². The topological polar surface area (TPSA) is 75.7 Å². The molecule has 1 atom stereocenters. The number of rotatable bonds is 4. The van der Waals surface area contributed by atoms with Crippen LogP contribution in [0.3, 0.4) is 0 Å². The third-order valence-corrected chi connectivity index (χ3v) is 5.62. The van der Waals surface area contributed by atoms with Crippen LogP contribution in [0.2, 0.25) is 0 Å². The minimum atomic E-state index is -0.680. The van der Waals surface area contributed by atoms with Crippen LogP contribution in [0.1, 0.15) is 38.3 Å². The van der Waals surface area contributed by atoms with Crippen molar-refractivity contribution in [3.05, 3.63) is 95.1 Å². The van der Waals surface area contributed by atoms with E-state index in [-0.39, 0.29) is 17.4 Å². The highest BCUT2D eigenvalue weighted by atomic mass is 16.5. The van der Waals surface area contributed by atoms with Gasteiger partial charge >= 0.3 is 5.97 Å². The van der Waals surface area contributed by atoms with Crippen molar-refractivity contribution >= 4 is 29.2 Å². The summed E-state index contributed by atoms with van der Waals surface area (Å²) in [6.07, 6.45) is 1.19. The molecule has 1 N–H and O–H groups in total. The predicted octanol–water partition coefficient (Wildman–Crippen LogP) is 4.38. The maximum atomic E-state index is 13.6. The Labute approximate surface area is 186 Å². The van der Waals surface area contributed by atoms with Gasteiger partial charge in [0.2, 0.25) is 5.91 Å². The Bertz CT molecular complexity index is 1170. The van der Waals surface area contributed by atoms with Crippen molar-refractivity contribution in [3.63, 3.8) is 0 Å². The van der Waals surface area contributed by atoms with Gasteiger partial charge in [-0.3, -0.25) is 14.5 Å². The van der Waals surface area contributed by atoms with Crippen LogP contribution in [0.5, 0.6) is 0 Å². The Morgan fingerprint density at radius 3 is 2.41 bits per heavy atom. The molecule has 1 unspecified atom stereocenters. The monoisotopic (exact) mass is 428 g/mol. The average molecular weight is 428 g/mol. The number of fused-ring (bicyclic) bond motifs is 1. The number of nitrogens with one attached hydrogen (secondary N) is 1. The van der Waals surface area contributed by atoms with Gasteiger partial charge in [0.25, 0.3) is 5.91 Å². The molecule has 0 fully saturated rings. The molecule has 0 saturated carbocycles. The van der Waals surface area contributed by atoms with Crippen LogP contribution >= 0.6 is 0 Å². The zero-order valence-electron chi connectivity index (χ0n) is 18.0. The molecule has 32 heavy (non-hydrogen) atoms. The van der Waals surface area contributed by atoms with Crippen molar-refractivity contribution in [3.8, 4) is 0 Å². The van der Waals surface area contributed by atoms with Crippen molar-refractivity contribution < 1.29 is 19.1 Å². The minimum absolute atomic E-state index is 0.249. The molecule has 3 aromatic carbocycles. The molecule has 0 spiro atoms. The first-order chi connectivity index (χ1) is 15.5. The largest absolute Gasteiger partial charge is 0.465 e. The minimum Gasteiger partial charge on any atom is -0.465 e. The number of hydrogen-bond donors (Lipinski definition) is 1. The molecule has 0 bridgehead atoms. The van der Waals surface area contributed by atoms with E-state index in [0.717, 1.165) is 11.1 Å². The molecule has 1 aliphatic rings. The molecule has 6 nitrogen and oxygen atoms in total. The van der Waals surface area contributed by atoms with Gasteiger partial charge in [0.15, 0.2) is 0 Å². The summed E-state index contributed by atoms with van der Waals surface area (Å²) in [5.74, 6) is -1.11. The quantitative estimate of drug-likeness (QED) is 0.626. The summed E-state index contributed by atoms with van der Waals surface area (Å²) in [6, 6.07) is 20.8. The molecule has 4 rings (SSSR count). The Morgan fingerprint density at radius 1 is 0.938 bits per heavy atom. The van der Waals surface area contributed by atoms with E-state index in [0.29, 0.717) is 29.8 Å². The number of aryl methyl sites for hydroxylation is 2. The third-order valence-electron chi connectivity index (χ3n) is 5.62. The van der Waals surface area contributed by atoms with Gasteiger partial charge in [-0.15, -0.1) is 0 Å². The first-order valence-electron chi connectivity index (χ1n) is 10.5. The van der Waals surface area contributed by atoms with E-state index in [4.69, 9.17) is 4.74 Å². The van der Waals surface area contributed by atoms with Crippen LogP contribution < -0.4 is 10.2 Å². The Balaban J connectivity index is 1.69. The Hall–Kier alpha value is -3.93. The molecule has 2 amide bonds. The highest BCUT2D eigenvalue weighted by molar-refractivity contribution is 6.13. The van der Waals surface area contributed by atoms with Crippen LogP contribution in [0, 0.1) is 6.92 Å². The molecule has 3 aromatic rings. The fourth-order valence-electron chi connectivity index (χ4n) is 3.94. The number of amides is 2. The van der Waals surface area contributed by atoms with E-state index in [9.17, 15) is 14.4 Å². The molecule has 162 valence electrons. The number of ether oxygens (including phenoxy) is 1. The van der Waals surface area contributed by atoms with Crippen LogP contribution in [-0.2, 0) is 16.0 Å². The molecule has 0 aliphatic carbocycles. The number of nitrogens with zero attached hydrogens (tertiary/aromatic N) is 1. The molecule has 0 aromatic heterocycles. The number of esters is 1. The highest BCUT2D eigenvalue weighted by Crippen LogP contribution is 2.32. The van der Waals surface area contributed by atoms with Crippen molar-refractivity contribution in [2.45, 2.75) is 25.8 Å². The first-order valence-corrected chi connectivity index (χ1v) is 10.5. The van der Waals surface area contributed by atoms with Gasteiger partial charge in [0, 0.05) is 16.9 Å². The van der Waals surface area contributed by atoms with Gasteiger partial charge in [-0.05, 0) is 61.7 Å². The number of para-hydroxylation sites is 1. The molecular weight excluding hydrogens is 404 g/mol. The van der Waals surface area contributed by atoms with Gasteiger partial charge in [-0.2, -0.15) is 0 Å². The van der Waals surface area contributed by atoms with E-state index in [2.05, 4.69) is 5.32 Å². The maximum Gasteiger partial charge on any atom is 0.337 e. The van der Waals surface area contributed by atoms with Crippen molar-refractivity contribution in [2.75, 3.05) is 17.3 Å². The van der Waals surface area contributed by atoms with Crippen LogP contribution in [0.25, 0.3) is 0 Å². The summed E-state index contributed by atoms with van der Waals surface area (Å²) in [5.41, 5.74) is 4.08. The fourth-order valence-corrected chi connectivity index (χ4v) is 3.94. The lowest BCUT2D eigenvalue weighted by Gasteiger charge is -2.36. The second-order valence-electron chi connectivity index (χ2n) is 7.79. The summed E-state index contributed by atoms with van der Waals surface area (Å²) < 4.78 is 4.78. The number of hydrogen-bond acceptors (Lipinski definition) is 4. The van der Waals surface area contributed by atoms with E-state index < -0.39 is 12.0 Å². The third kappa shape index (κ3) is 4.25. The number of carbonyl (C=O) groups excluding carboxylic acids is 3. The zero-order valence-corrected chi connectivity index (χ0v) is 18.0. The smallest absolute Gasteiger partial charge is 0.337 e. The average Bonchev–Trinajstić information content (AvgIpc) is 2.83. The number of benzene rings is 3. The fraction of sp³-hybridized carbons (Fsp3) is 0.192. The van der Waals surface area contributed by atoms with Crippen LogP contribution in [0.4, 0.5) is 11.4 Å². The maximum absolute atomic E-state index is 13.6. The summed E-state index contributed by atoms with van der Waals surface area (Å²) in [7, 11) is 1.29. The van der Waals surface area contributed by atoms with Gasteiger partial charge in [-0.1, -0.05) is 42.0 Å². The first kappa shape index (κ1) is 21.3. The van der Waals surface area contributed by atoms with Crippen molar-refractivity contribution in [1.82, 2.24) is 0 Å². The predicted molar refractivity (Wildman–Crippen MR) is 123 cm³/mol. The van der Waals surface area contributed by atoms with Gasteiger partial charge < -0.3 is 10.1 Å². The van der Waals surface area contributed by atoms with Crippen molar-refractivity contribution in [2.24, 2.45) is 0 Å². The van der Waals surface area contributed by atoms with E-state index >= 15 is 0 Å². The van der Waals surface area contributed by atoms with Gasteiger partial charge in [0.05, 0.1) is 12.7 Å². The highest BCUT2D eigenvalue weighted by Gasteiger charge is 2.36. The molecule has 0 saturated heterocycles. The molecule has 6 heteroatoms. The van der Waals surface area contributed by atoms with Crippen LogP contribution in [-0.4, -0.2) is 30.9 Å². The second-order valence-corrected chi connectivity index (χ2v) is 7.79. The van der Waals surface area contributed by atoms with Gasteiger partial charge in [-0.25, -0.2) is 4.79 Å². The molecule has 1 aliphatic heterocycles. The Morgan fingerprint density at radius 2 is 1.66 bits per heavy atom. The van der Waals surface area contributed by atoms with E-state index in [1.165, 1.54) is 13.2 Å². The standard InChI is InChI=1S/C26H24N2O4/c1-17-10-13-21(14-11-17)27-24(29)23-15-12-18-6-3-4-9-22(18)28(23)25(30)19-7-5-8-20(16-19)26(31)32-2/h3-11,13-14,16,23H,12,15H2,1-2H3,(H,27,29). The molecular formula is C26H24N2O4. The lowest BCUT2D eigenvalue weighted by molar-refractivity contribution is -0.117. The summed E-state index contributed by atoms with van der Waals surface area (Å²) in [5, 5.41) is 2.94. The molecule has 1 heterocycles. The van der Waals surface area contributed by atoms with E-state index in [1.807, 2.05) is 55.5 Å². The number of carbonyl (C=O) groups is 3. The number of anilines is 2. The normalized spacial score (nSPS) is 14.9. The zero-order chi connectivity index (χ0) is 22.7. The number of methoxy groups -OCH3 is 1. The SMILES string of the molecule is COC(=O)c1cccc(C(=O)N2c3ccccc3CCC2C(=O)Nc2ccc(C)cc2)c1. The Kier molecular flexibility index (Phi) is 6.03. The summed E-state index contributed by atoms with van der Waals surface area (Å²) in [4.78, 5) is 40.4. The lowest BCUT2D eigenvalue weighted by atomic mass is 9.94. The van der Waals surface area contributed by atoms with Gasteiger partial charge in [0.1, 0.15) is 6.04 Å².